The van der Waals surface area contributed by atoms with Gasteiger partial charge in [-0.1, -0.05) is 6.07 Å². The highest BCUT2D eigenvalue weighted by Crippen LogP contribution is 2.38. The monoisotopic (exact) mass is 360 g/mol. The number of nitrogens with zero attached hydrogens (tertiary/aromatic N) is 1. The third-order valence-electron chi connectivity index (χ3n) is 4.55. The number of rotatable bonds is 7. The molecule has 1 unspecified atom stereocenters. The van der Waals surface area contributed by atoms with E-state index in [-0.39, 0.29) is 11.9 Å². The number of ether oxygens (including phenoxy) is 2. The van der Waals surface area contributed by atoms with Crippen LogP contribution in [0.25, 0.3) is 0 Å². The zero-order valence-electron chi connectivity index (χ0n) is 14.7. The molecule has 0 bridgehead atoms. The van der Waals surface area contributed by atoms with E-state index in [1.54, 1.807) is 25.6 Å². The van der Waals surface area contributed by atoms with Crippen LogP contribution in [-0.2, 0) is 11.3 Å². The molecule has 1 N–H and O–H groups in total. The van der Waals surface area contributed by atoms with Crippen LogP contribution in [0.1, 0.15) is 29.3 Å². The maximum atomic E-state index is 12.3. The topological polar surface area (TPSA) is 50.8 Å². The Morgan fingerprint density at radius 2 is 2.20 bits per heavy atom. The lowest BCUT2D eigenvalue weighted by molar-refractivity contribution is -0.122. The van der Waals surface area contributed by atoms with Crippen LogP contribution in [0.2, 0.25) is 0 Å². The van der Waals surface area contributed by atoms with Crippen LogP contribution >= 0.6 is 11.3 Å². The molecule has 0 radical (unpaired) electrons. The van der Waals surface area contributed by atoms with Crippen LogP contribution in [0.4, 0.5) is 0 Å². The zero-order chi connectivity index (χ0) is 17.6. The summed E-state index contributed by atoms with van der Waals surface area (Å²) in [5, 5.41) is 5.03. The van der Waals surface area contributed by atoms with Crippen molar-refractivity contribution in [1.82, 2.24) is 10.2 Å². The summed E-state index contributed by atoms with van der Waals surface area (Å²) in [7, 11) is 3.34. The smallest absolute Gasteiger partial charge is 0.234 e. The highest BCUT2D eigenvalue weighted by atomic mass is 32.1. The normalized spacial score (nSPS) is 17.4. The molecule has 0 spiro atoms. The van der Waals surface area contributed by atoms with Crippen LogP contribution in [0.5, 0.6) is 11.5 Å². The molecular weight excluding hydrogens is 336 g/mol. The predicted octanol–water partition coefficient (Wildman–Crippen LogP) is 3.22. The van der Waals surface area contributed by atoms with Crippen molar-refractivity contribution in [1.29, 1.82) is 0 Å². The van der Waals surface area contributed by atoms with Crippen LogP contribution in [-0.4, -0.2) is 38.1 Å². The molecule has 1 fully saturated rings. The van der Waals surface area contributed by atoms with E-state index in [0.29, 0.717) is 13.1 Å². The molecule has 1 aliphatic rings. The highest BCUT2D eigenvalue weighted by molar-refractivity contribution is 7.09. The lowest BCUT2D eigenvalue weighted by Crippen LogP contribution is -2.36. The molecule has 1 atom stereocenters. The molecular formula is C19H24N2O3S. The summed E-state index contributed by atoms with van der Waals surface area (Å²) in [4.78, 5) is 15.7. The van der Waals surface area contributed by atoms with Gasteiger partial charge >= 0.3 is 0 Å². The first-order chi connectivity index (χ1) is 12.2. The molecule has 1 aromatic heterocycles. The number of thiophene rings is 1. The fourth-order valence-electron chi connectivity index (χ4n) is 3.31. The van der Waals surface area contributed by atoms with Gasteiger partial charge in [0.2, 0.25) is 5.91 Å². The molecule has 5 nitrogen and oxygen atoms in total. The molecule has 2 heterocycles. The summed E-state index contributed by atoms with van der Waals surface area (Å²) in [6.07, 6.45) is 2.09. The number of likely N-dealkylation sites (tertiary alicyclic amines) is 1. The standard InChI is InChI=1S/C19H24N2O3S/c1-23-14-7-8-18(24-2)16(11-14)17-6-3-9-21(17)13-19(22)20-12-15-5-4-10-25-15/h4-5,7-8,10-11,17H,3,6,9,12-13H2,1-2H3,(H,20,22). The molecule has 6 heteroatoms. The maximum absolute atomic E-state index is 12.3. The number of carbonyl (C=O) groups is 1. The summed E-state index contributed by atoms with van der Waals surface area (Å²) < 4.78 is 10.9. The Balaban J connectivity index is 1.67. The minimum absolute atomic E-state index is 0.0576. The fourth-order valence-corrected chi connectivity index (χ4v) is 3.95. The summed E-state index contributed by atoms with van der Waals surface area (Å²) >= 11 is 1.66. The van der Waals surface area contributed by atoms with Crippen LogP contribution < -0.4 is 14.8 Å². The molecule has 1 amide bonds. The maximum Gasteiger partial charge on any atom is 0.234 e. The molecule has 134 valence electrons. The Morgan fingerprint density at radius 1 is 1.32 bits per heavy atom. The van der Waals surface area contributed by atoms with E-state index in [2.05, 4.69) is 10.2 Å². The lowest BCUT2D eigenvalue weighted by atomic mass is 10.0. The van der Waals surface area contributed by atoms with Crippen molar-refractivity contribution in [2.45, 2.75) is 25.4 Å². The van der Waals surface area contributed by atoms with E-state index in [9.17, 15) is 4.79 Å². The molecule has 0 saturated carbocycles. The van der Waals surface area contributed by atoms with Crippen molar-refractivity contribution in [3.63, 3.8) is 0 Å². The first-order valence-corrected chi connectivity index (χ1v) is 9.34. The third-order valence-corrected chi connectivity index (χ3v) is 5.42. The van der Waals surface area contributed by atoms with Gasteiger partial charge in [-0.2, -0.15) is 0 Å². The Bertz CT molecular complexity index is 703. The van der Waals surface area contributed by atoms with Crippen LogP contribution in [0.3, 0.4) is 0 Å². The second kappa shape index (κ2) is 8.36. The van der Waals surface area contributed by atoms with Gasteiger partial charge in [-0.15, -0.1) is 11.3 Å². The Hall–Kier alpha value is -2.05. The van der Waals surface area contributed by atoms with Crippen molar-refractivity contribution < 1.29 is 14.3 Å². The number of methoxy groups -OCH3 is 2. The summed E-state index contributed by atoms with van der Waals surface area (Å²) in [5.74, 6) is 1.71. The van der Waals surface area contributed by atoms with Gasteiger partial charge in [-0.05, 0) is 49.0 Å². The Kier molecular flexibility index (Phi) is 5.94. The number of nitrogens with one attached hydrogen (secondary N) is 1. The van der Waals surface area contributed by atoms with Gasteiger partial charge in [0, 0.05) is 16.5 Å². The van der Waals surface area contributed by atoms with E-state index in [4.69, 9.17) is 9.47 Å². The van der Waals surface area contributed by atoms with Gasteiger partial charge in [0.05, 0.1) is 27.3 Å². The Morgan fingerprint density at radius 3 is 2.92 bits per heavy atom. The van der Waals surface area contributed by atoms with Crippen molar-refractivity contribution in [3.8, 4) is 11.5 Å². The number of hydrogen-bond acceptors (Lipinski definition) is 5. The van der Waals surface area contributed by atoms with Crippen molar-refractivity contribution in [3.05, 3.63) is 46.2 Å². The van der Waals surface area contributed by atoms with Crippen LogP contribution in [0, 0.1) is 0 Å². The summed E-state index contributed by atoms with van der Waals surface area (Å²) in [6.45, 7) is 1.91. The molecule has 1 aromatic carbocycles. The van der Waals surface area contributed by atoms with Gasteiger partial charge in [-0.25, -0.2) is 0 Å². The minimum atomic E-state index is 0.0576. The molecule has 1 saturated heterocycles. The van der Waals surface area contributed by atoms with Crippen molar-refractivity contribution >= 4 is 17.2 Å². The van der Waals surface area contributed by atoms with E-state index < -0.39 is 0 Å². The van der Waals surface area contributed by atoms with Crippen molar-refractivity contribution in [2.75, 3.05) is 27.3 Å². The first-order valence-electron chi connectivity index (χ1n) is 8.46. The van der Waals surface area contributed by atoms with Gasteiger partial charge in [-0.3, -0.25) is 9.69 Å². The molecule has 2 aromatic rings. The lowest BCUT2D eigenvalue weighted by Gasteiger charge is -2.26. The number of hydrogen-bond donors (Lipinski definition) is 1. The average molecular weight is 360 g/mol. The number of benzene rings is 1. The van der Waals surface area contributed by atoms with Gasteiger partial charge in [0.15, 0.2) is 0 Å². The van der Waals surface area contributed by atoms with Gasteiger partial charge < -0.3 is 14.8 Å². The van der Waals surface area contributed by atoms with E-state index >= 15 is 0 Å². The quantitative estimate of drug-likeness (QED) is 0.824. The van der Waals surface area contributed by atoms with Crippen LogP contribution in [0.15, 0.2) is 35.7 Å². The van der Waals surface area contributed by atoms with E-state index in [1.165, 1.54) is 4.88 Å². The second-order valence-corrected chi connectivity index (χ2v) is 7.12. The largest absolute Gasteiger partial charge is 0.497 e. The molecule has 0 aliphatic carbocycles. The molecule has 25 heavy (non-hydrogen) atoms. The SMILES string of the molecule is COc1ccc(OC)c(C2CCCN2CC(=O)NCc2cccs2)c1. The summed E-state index contributed by atoms with van der Waals surface area (Å²) in [5.41, 5.74) is 1.09. The van der Waals surface area contributed by atoms with E-state index in [0.717, 1.165) is 36.4 Å². The average Bonchev–Trinajstić information content (AvgIpc) is 3.31. The van der Waals surface area contributed by atoms with Crippen molar-refractivity contribution in [2.24, 2.45) is 0 Å². The predicted molar refractivity (Wildman–Crippen MR) is 99.3 cm³/mol. The van der Waals surface area contributed by atoms with Gasteiger partial charge in [0.25, 0.3) is 0 Å². The number of amides is 1. The molecule has 3 rings (SSSR count). The fraction of sp³-hybridized carbons (Fsp3) is 0.421. The molecule has 1 aliphatic heterocycles. The third kappa shape index (κ3) is 4.32. The summed E-state index contributed by atoms with van der Waals surface area (Å²) in [6, 6.07) is 10.1. The highest BCUT2D eigenvalue weighted by Gasteiger charge is 2.30. The number of carbonyl (C=O) groups excluding carboxylic acids is 1. The zero-order valence-corrected chi connectivity index (χ0v) is 15.5. The van der Waals surface area contributed by atoms with Gasteiger partial charge in [0.1, 0.15) is 11.5 Å². The van der Waals surface area contributed by atoms with E-state index in [1.807, 2.05) is 35.7 Å². The Labute approximate surface area is 152 Å². The first kappa shape index (κ1) is 17.8. The minimum Gasteiger partial charge on any atom is -0.497 e. The second-order valence-electron chi connectivity index (χ2n) is 6.09.